The van der Waals surface area contributed by atoms with E-state index in [1.807, 2.05) is 12.1 Å². The fourth-order valence-corrected chi connectivity index (χ4v) is 3.60. The summed E-state index contributed by atoms with van der Waals surface area (Å²) in [5.41, 5.74) is 3.11. The van der Waals surface area contributed by atoms with Gasteiger partial charge in [-0.1, -0.05) is 30.3 Å². The number of amides is 1. The van der Waals surface area contributed by atoms with Crippen molar-refractivity contribution < 1.29 is 17.9 Å². The molecule has 1 saturated heterocycles. The summed E-state index contributed by atoms with van der Waals surface area (Å²) in [5.74, 6) is -0.244. The normalized spacial score (nSPS) is 15.1. The molecule has 2 aromatic carbocycles. The highest BCUT2D eigenvalue weighted by molar-refractivity contribution is 7.92. The van der Waals surface area contributed by atoms with Gasteiger partial charge in [0.2, 0.25) is 10.0 Å². The number of sulfonamides is 1. The first-order valence-corrected chi connectivity index (χ1v) is 11.4. The lowest BCUT2D eigenvalue weighted by Crippen LogP contribution is -2.35. The molecular formula is C21H27N3O4S. The van der Waals surface area contributed by atoms with Gasteiger partial charge in [0.1, 0.15) is 0 Å². The average Bonchev–Trinajstić information content (AvgIpc) is 2.72. The van der Waals surface area contributed by atoms with Crippen molar-refractivity contribution >= 4 is 21.6 Å². The van der Waals surface area contributed by atoms with Gasteiger partial charge in [0, 0.05) is 38.8 Å². The van der Waals surface area contributed by atoms with E-state index in [1.54, 1.807) is 24.3 Å². The molecule has 0 spiro atoms. The van der Waals surface area contributed by atoms with Crippen molar-refractivity contribution in [2.24, 2.45) is 0 Å². The third-order valence-electron chi connectivity index (χ3n) is 4.96. The van der Waals surface area contributed by atoms with Crippen LogP contribution in [0.15, 0.2) is 48.5 Å². The van der Waals surface area contributed by atoms with E-state index in [0.717, 1.165) is 49.0 Å². The Kier molecular flexibility index (Phi) is 6.89. The summed E-state index contributed by atoms with van der Waals surface area (Å²) in [6.07, 6.45) is 1.13. The Hall–Kier alpha value is -2.42. The number of carbonyl (C=O) groups excluding carboxylic acids is 1. The Balaban J connectivity index is 1.56. The number of morpholine rings is 1. The molecule has 1 aliphatic rings. The first kappa shape index (κ1) is 21.3. The monoisotopic (exact) mass is 417 g/mol. The van der Waals surface area contributed by atoms with E-state index >= 15 is 0 Å². The lowest BCUT2D eigenvalue weighted by atomic mass is 10.1. The van der Waals surface area contributed by atoms with Gasteiger partial charge in [-0.25, -0.2) is 8.42 Å². The molecule has 0 aliphatic carbocycles. The molecule has 156 valence electrons. The molecule has 1 fully saturated rings. The summed E-state index contributed by atoms with van der Waals surface area (Å²) >= 11 is 0. The molecule has 0 bridgehead atoms. The van der Waals surface area contributed by atoms with Crippen LogP contribution in [0.5, 0.6) is 0 Å². The summed E-state index contributed by atoms with van der Waals surface area (Å²) in [5, 5.41) is 2.89. The number of hydrogen-bond acceptors (Lipinski definition) is 5. The van der Waals surface area contributed by atoms with Crippen LogP contribution >= 0.6 is 0 Å². The number of anilines is 1. The molecule has 0 atom stereocenters. The number of nitrogens with zero attached hydrogens (tertiary/aromatic N) is 2. The van der Waals surface area contributed by atoms with Crippen LogP contribution in [0.1, 0.15) is 21.5 Å². The van der Waals surface area contributed by atoms with E-state index in [4.69, 9.17) is 4.74 Å². The maximum Gasteiger partial charge on any atom is 0.251 e. The Labute approximate surface area is 172 Å². The van der Waals surface area contributed by atoms with Crippen LogP contribution in [-0.2, 0) is 27.8 Å². The SMILES string of the molecule is CN(c1cccc(C(=O)NCc2ccc(CN3CCOCC3)cc2)c1)S(C)(=O)=O. The lowest BCUT2D eigenvalue weighted by Gasteiger charge is -2.26. The van der Waals surface area contributed by atoms with E-state index in [2.05, 4.69) is 22.3 Å². The zero-order valence-electron chi connectivity index (χ0n) is 16.8. The second-order valence-corrected chi connectivity index (χ2v) is 9.18. The molecule has 8 heteroatoms. The summed E-state index contributed by atoms with van der Waals surface area (Å²) in [4.78, 5) is 14.8. The molecule has 1 heterocycles. The van der Waals surface area contributed by atoms with E-state index in [1.165, 1.54) is 12.6 Å². The van der Waals surface area contributed by atoms with E-state index in [9.17, 15) is 13.2 Å². The Morgan fingerprint density at radius 2 is 1.76 bits per heavy atom. The highest BCUT2D eigenvalue weighted by Crippen LogP contribution is 2.17. The van der Waals surface area contributed by atoms with Crippen LogP contribution in [-0.4, -0.2) is 58.8 Å². The van der Waals surface area contributed by atoms with Crippen molar-refractivity contribution in [3.8, 4) is 0 Å². The molecule has 0 radical (unpaired) electrons. The fraction of sp³-hybridized carbons (Fsp3) is 0.381. The minimum absolute atomic E-state index is 0.244. The second kappa shape index (κ2) is 9.39. The van der Waals surface area contributed by atoms with Crippen LogP contribution in [0, 0.1) is 0 Å². The largest absolute Gasteiger partial charge is 0.379 e. The minimum Gasteiger partial charge on any atom is -0.379 e. The number of ether oxygens (including phenoxy) is 1. The van der Waals surface area contributed by atoms with E-state index < -0.39 is 10.0 Å². The molecule has 1 amide bonds. The molecule has 3 rings (SSSR count). The van der Waals surface area contributed by atoms with Crippen LogP contribution in [0.25, 0.3) is 0 Å². The van der Waals surface area contributed by atoms with Gasteiger partial charge in [0.05, 0.1) is 25.2 Å². The van der Waals surface area contributed by atoms with Gasteiger partial charge in [-0.05, 0) is 29.3 Å². The quantitative estimate of drug-likeness (QED) is 0.744. The van der Waals surface area contributed by atoms with Gasteiger partial charge in [-0.2, -0.15) is 0 Å². The van der Waals surface area contributed by atoms with Crippen molar-refractivity contribution in [1.82, 2.24) is 10.2 Å². The van der Waals surface area contributed by atoms with E-state index in [-0.39, 0.29) is 5.91 Å². The Morgan fingerprint density at radius 1 is 1.10 bits per heavy atom. The smallest absolute Gasteiger partial charge is 0.251 e. The van der Waals surface area contributed by atoms with Crippen LogP contribution in [0.2, 0.25) is 0 Å². The zero-order chi connectivity index (χ0) is 20.9. The number of benzene rings is 2. The summed E-state index contributed by atoms with van der Waals surface area (Å²) in [6.45, 7) is 4.77. The van der Waals surface area contributed by atoms with Crippen molar-refractivity contribution in [1.29, 1.82) is 0 Å². The third-order valence-corrected chi connectivity index (χ3v) is 6.16. The zero-order valence-corrected chi connectivity index (χ0v) is 17.6. The van der Waals surface area contributed by atoms with Crippen molar-refractivity contribution in [2.75, 3.05) is 43.9 Å². The summed E-state index contributed by atoms with van der Waals surface area (Å²) < 4.78 is 29.9. The van der Waals surface area contributed by atoms with Crippen LogP contribution < -0.4 is 9.62 Å². The number of nitrogens with one attached hydrogen (secondary N) is 1. The van der Waals surface area contributed by atoms with Crippen molar-refractivity contribution in [2.45, 2.75) is 13.1 Å². The van der Waals surface area contributed by atoms with Gasteiger partial charge in [0.25, 0.3) is 5.91 Å². The van der Waals surface area contributed by atoms with Gasteiger partial charge >= 0.3 is 0 Å². The number of carbonyl (C=O) groups is 1. The maximum absolute atomic E-state index is 12.5. The predicted octanol–water partition coefficient (Wildman–Crippen LogP) is 1.84. The highest BCUT2D eigenvalue weighted by Gasteiger charge is 2.14. The minimum atomic E-state index is -3.38. The number of hydrogen-bond donors (Lipinski definition) is 1. The molecule has 29 heavy (non-hydrogen) atoms. The molecule has 0 aromatic heterocycles. The van der Waals surface area contributed by atoms with E-state index in [0.29, 0.717) is 17.8 Å². The average molecular weight is 418 g/mol. The number of rotatable bonds is 7. The van der Waals surface area contributed by atoms with Gasteiger partial charge in [-0.3, -0.25) is 14.0 Å². The molecular weight excluding hydrogens is 390 g/mol. The van der Waals surface area contributed by atoms with Gasteiger partial charge < -0.3 is 10.1 Å². The van der Waals surface area contributed by atoms with Crippen LogP contribution in [0.3, 0.4) is 0 Å². The van der Waals surface area contributed by atoms with Gasteiger partial charge in [-0.15, -0.1) is 0 Å². The Bertz CT molecular complexity index is 939. The third kappa shape index (κ3) is 6.03. The fourth-order valence-electron chi connectivity index (χ4n) is 3.10. The lowest BCUT2D eigenvalue weighted by molar-refractivity contribution is 0.0342. The maximum atomic E-state index is 12.5. The molecule has 0 unspecified atom stereocenters. The topological polar surface area (TPSA) is 79.0 Å². The first-order valence-electron chi connectivity index (χ1n) is 9.53. The van der Waals surface area contributed by atoms with Gasteiger partial charge in [0.15, 0.2) is 0 Å². The molecule has 7 nitrogen and oxygen atoms in total. The Morgan fingerprint density at radius 3 is 2.41 bits per heavy atom. The summed E-state index contributed by atoms with van der Waals surface area (Å²) in [6, 6.07) is 14.8. The molecule has 2 aromatic rings. The summed E-state index contributed by atoms with van der Waals surface area (Å²) in [7, 11) is -1.91. The molecule has 0 saturated carbocycles. The highest BCUT2D eigenvalue weighted by atomic mass is 32.2. The van der Waals surface area contributed by atoms with Crippen molar-refractivity contribution in [3.05, 3.63) is 65.2 Å². The molecule has 1 aliphatic heterocycles. The molecule has 1 N–H and O–H groups in total. The van der Waals surface area contributed by atoms with Crippen molar-refractivity contribution in [3.63, 3.8) is 0 Å². The predicted molar refractivity (Wildman–Crippen MR) is 113 cm³/mol. The van der Waals surface area contributed by atoms with Crippen LogP contribution in [0.4, 0.5) is 5.69 Å². The first-order chi connectivity index (χ1) is 13.8. The second-order valence-electron chi connectivity index (χ2n) is 7.17. The standard InChI is InChI=1S/C21H27N3O4S/c1-23(29(2,26)27)20-5-3-4-19(14-20)21(25)22-15-17-6-8-18(9-7-17)16-24-10-12-28-13-11-24/h3-9,14H,10-13,15-16H2,1-2H3,(H,22,25).